The highest BCUT2D eigenvalue weighted by molar-refractivity contribution is 6.38. The average Bonchev–Trinajstić information content (AvgIpc) is 3.68. The number of hydrogen-bond acceptors (Lipinski definition) is 6. The highest BCUT2D eigenvalue weighted by atomic mass is 19.4. The lowest BCUT2D eigenvalue weighted by atomic mass is 9.87. The Morgan fingerprint density at radius 1 is 1.00 bits per heavy atom. The van der Waals surface area contributed by atoms with Crippen LogP contribution in [0.15, 0.2) is 36.9 Å². The third-order valence-electron chi connectivity index (χ3n) is 9.63. The second-order valence-corrected chi connectivity index (χ2v) is 14.7. The van der Waals surface area contributed by atoms with E-state index in [1.54, 1.807) is 0 Å². The van der Waals surface area contributed by atoms with Crippen molar-refractivity contribution in [2.45, 2.75) is 97.1 Å². The van der Waals surface area contributed by atoms with Crippen LogP contribution >= 0.6 is 0 Å². The van der Waals surface area contributed by atoms with E-state index in [1.807, 2.05) is 58.9 Å². The summed E-state index contributed by atoms with van der Waals surface area (Å²) < 4.78 is 45.0. The molecular formula is C36H52F3N5O6. The molecule has 1 heterocycles. The van der Waals surface area contributed by atoms with Gasteiger partial charge in [-0.3, -0.25) is 19.2 Å². The normalized spacial score (nSPS) is 19.7. The largest absolute Gasteiger partial charge is 0.389 e. The Balaban J connectivity index is 1.93. The van der Waals surface area contributed by atoms with Gasteiger partial charge in [-0.25, -0.2) is 4.79 Å². The third kappa shape index (κ3) is 11.0. The fourth-order valence-corrected chi connectivity index (χ4v) is 6.50. The molecule has 0 aromatic heterocycles. The molecule has 3 unspecified atom stereocenters. The number of likely N-dealkylation sites (tertiary alicyclic amines) is 1. The molecule has 1 aliphatic heterocycles. The number of alkyl halides is 3. The number of rotatable bonds is 15. The first-order valence-corrected chi connectivity index (χ1v) is 17.1. The van der Waals surface area contributed by atoms with Crippen LogP contribution in [0, 0.1) is 23.2 Å². The Bertz CT molecular complexity index is 1370. The number of urea groups is 1. The van der Waals surface area contributed by atoms with Crippen LogP contribution in [0.4, 0.5) is 18.0 Å². The zero-order chi connectivity index (χ0) is 37.4. The van der Waals surface area contributed by atoms with Crippen molar-refractivity contribution in [3.05, 3.63) is 48.0 Å². The van der Waals surface area contributed by atoms with E-state index in [4.69, 9.17) is 4.74 Å². The van der Waals surface area contributed by atoms with Gasteiger partial charge >= 0.3 is 12.2 Å². The molecule has 0 radical (unpaired) electrons. The molecule has 11 nitrogen and oxygen atoms in total. The molecule has 1 aliphatic carbocycles. The number of amides is 5. The van der Waals surface area contributed by atoms with Gasteiger partial charge in [-0.05, 0) is 60.0 Å². The summed E-state index contributed by atoms with van der Waals surface area (Å²) in [6.07, 6.45) is -4.43. The van der Waals surface area contributed by atoms with E-state index < -0.39 is 72.7 Å². The maximum atomic E-state index is 14.6. The summed E-state index contributed by atoms with van der Waals surface area (Å²) in [7, 11) is 1.53. The van der Waals surface area contributed by atoms with Gasteiger partial charge < -0.3 is 30.9 Å². The maximum absolute atomic E-state index is 14.6. The number of carbonyl (C=O) groups is 5. The summed E-state index contributed by atoms with van der Waals surface area (Å²) in [5.41, 5.74) is 1.71. The monoisotopic (exact) mass is 707 g/mol. The van der Waals surface area contributed by atoms with Crippen LogP contribution < -0.4 is 21.3 Å². The highest BCUT2D eigenvalue weighted by Gasteiger charge is 2.46. The Morgan fingerprint density at radius 3 is 2.14 bits per heavy atom. The van der Waals surface area contributed by atoms with Gasteiger partial charge in [0.05, 0.1) is 18.7 Å². The molecule has 0 saturated carbocycles. The molecule has 5 amide bonds. The molecule has 278 valence electrons. The van der Waals surface area contributed by atoms with E-state index in [0.29, 0.717) is 12.8 Å². The van der Waals surface area contributed by atoms with Gasteiger partial charge in [0.25, 0.3) is 5.91 Å². The Morgan fingerprint density at radius 2 is 1.62 bits per heavy atom. The second kappa shape index (κ2) is 17.3. The van der Waals surface area contributed by atoms with E-state index in [0.717, 1.165) is 11.1 Å². The van der Waals surface area contributed by atoms with Crippen molar-refractivity contribution in [3.8, 4) is 0 Å². The van der Waals surface area contributed by atoms with Crippen molar-refractivity contribution in [3.63, 3.8) is 0 Å². The standard InChI is InChI=1S/C36H52F3N5O6/c1-8-15-40-32(47)30(45)26(13-14-36(37,38)39)41-31(46)27-18-25(21(2)3)19-44(27)33(48)29(24-16-22-11-9-10-12-23(22)17-24)43-34(49)42-28(20-50-7)35(4,5)6/h8-12,21,24-29H,1,13-20H2,2-7H3,(H,40,47)(H,41,46)(H2,42,43,49)/t25-,26?,27?,28?,29+/m1/s1. The van der Waals surface area contributed by atoms with Gasteiger partial charge in [-0.1, -0.05) is 65.0 Å². The molecular weight excluding hydrogens is 655 g/mol. The first-order chi connectivity index (χ1) is 23.4. The van der Waals surface area contributed by atoms with Crippen molar-refractivity contribution < 1.29 is 41.9 Å². The van der Waals surface area contributed by atoms with Crippen LogP contribution in [0.25, 0.3) is 0 Å². The number of hydrogen-bond donors (Lipinski definition) is 4. The van der Waals surface area contributed by atoms with Crippen molar-refractivity contribution in [1.82, 2.24) is 26.2 Å². The molecule has 1 saturated heterocycles. The zero-order valence-corrected chi connectivity index (χ0v) is 29.8. The first-order valence-electron chi connectivity index (χ1n) is 17.1. The fourth-order valence-electron chi connectivity index (χ4n) is 6.50. The summed E-state index contributed by atoms with van der Waals surface area (Å²) in [5, 5.41) is 10.4. The minimum atomic E-state index is -4.65. The smallest absolute Gasteiger partial charge is 0.383 e. The topological polar surface area (TPSA) is 146 Å². The van der Waals surface area contributed by atoms with Gasteiger partial charge in [-0.15, -0.1) is 6.58 Å². The van der Waals surface area contributed by atoms with Crippen LogP contribution in [0.1, 0.15) is 65.0 Å². The number of methoxy groups -OCH3 is 1. The van der Waals surface area contributed by atoms with Crippen LogP contribution in [0.2, 0.25) is 0 Å². The number of fused-ring (bicyclic) bond motifs is 1. The van der Waals surface area contributed by atoms with Crippen molar-refractivity contribution in [1.29, 1.82) is 0 Å². The molecule has 1 fully saturated rings. The van der Waals surface area contributed by atoms with E-state index in [2.05, 4.69) is 27.8 Å². The molecule has 4 N–H and O–H groups in total. The Kier molecular flexibility index (Phi) is 14.0. The molecule has 0 bridgehead atoms. The quantitative estimate of drug-likeness (QED) is 0.162. The molecule has 1 aromatic carbocycles. The summed E-state index contributed by atoms with van der Waals surface area (Å²) in [6.45, 7) is 13.4. The highest BCUT2D eigenvalue weighted by Crippen LogP contribution is 2.34. The van der Waals surface area contributed by atoms with Crippen LogP contribution in [0.5, 0.6) is 0 Å². The fraction of sp³-hybridized carbons (Fsp3) is 0.639. The Hall–Kier alpha value is -3.94. The average molecular weight is 708 g/mol. The summed E-state index contributed by atoms with van der Waals surface area (Å²) in [5.74, 6) is -4.22. The van der Waals surface area contributed by atoms with Crippen LogP contribution in [-0.4, -0.2) is 91.6 Å². The first kappa shape index (κ1) is 40.5. The lowest BCUT2D eigenvalue weighted by molar-refractivity contribution is -0.147. The number of ketones is 1. The van der Waals surface area contributed by atoms with E-state index >= 15 is 0 Å². The summed E-state index contributed by atoms with van der Waals surface area (Å²) in [6, 6.07) is 2.78. The van der Waals surface area contributed by atoms with Gasteiger partial charge in [0.1, 0.15) is 12.1 Å². The van der Waals surface area contributed by atoms with Gasteiger partial charge in [-0.2, -0.15) is 13.2 Å². The lowest BCUT2D eigenvalue weighted by Crippen LogP contribution is -2.60. The molecule has 5 atom stereocenters. The number of benzene rings is 1. The number of carbonyl (C=O) groups excluding carboxylic acids is 5. The molecule has 1 aromatic rings. The van der Waals surface area contributed by atoms with Crippen molar-refractivity contribution >= 4 is 29.5 Å². The van der Waals surface area contributed by atoms with Crippen LogP contribution in [-0.2, 0) is 36.8 Å². The van der Waals surface area contributed by atoms with E-state index in [-0.39, 0.29) is 49.3 Å². The van der Waals surface area contributed by atoms with Gasteiger partial charge in [0, 0.05) is 26.6 Å². The van der Waals surface area contributed by atoms with Crippen molar-refractivity contribution in [2.75, 3.05) is 26.8 Å². The Labute approximate surface area is 292 Å². The molecule has 0 spiro atoms. The number of nitrogens with one attached hydrogen (secondary N) is 4. The number of halogens is 3. The van der Waals surface area contributed by atoms with Crippen molar-refractivity contribution in [2.24, 2.45) is 23.2 Å². The maximum Gasteiger partial charge on any atom is 0.389 e. The predicted molar refractivity (Wildman–Crippen MR) is 182 cm³/mol. The number of nitrogens with zero attached hydrogens (tertiary/aromatic N) is 1. The summed E-state index contributed by atoms with van der Waals surface area (Å²) >= 11 is 0. The van der Waals surface area contributed by atoms with E-state index in [1.165, 1.54) is 18.1 Å². The van der Waals surface area contributed by atoms with Crippen LogP contribution in [0.3, 0.4) is 0 Å². The molecule has 2 aliphatic rings. The molecule has 3 rings (SSSR count). The SMILES string of the molecule is C=CCNC(=O)C(=O)C(CCC(F)(F)F)NC(=O)C1C[C@@H](C(C)C)CN1C(=O)[C@@H](NC(=O)NC(COC)C(C)(C)C)C1Cc2ccccc2C1. The lowest BCUT2D eigenvalue weighted by Gasteiger charge is -2.34. The van der Waals surface area contributed by atoms with Gasteiger partial charge in [0.15, 0.2) is 0 Å². The minimum absolute atomic E-state index is 0.0301. The second-order valence-electron chi connectivity index (χ2n) is 14.7. The third-order valence-corrected chi connectivity index (χ3v) is 9.63. The minimum Gasteiger partial charge on any atom is -0.383 e. The molecule has 50 heavy (non-hydrogen) atoms. The number of ether oxygens (including phenoxy) is 1. The zero-order valence-electron chi connectivity index (χ0n) is 29.8. The van der Waals surface area contributed by atoms with Gasteiger partial charge in [0.2, 0.25) is 17.6 Å². The molecule has 14 heteroatoms. The summed E-state index contributed by atoms with van der Waals surface area (Å²) in [4.78, 5) is 68.8. The number of Topliss-reactive ketones (excluding diaryl/α,β-unsaturated/α-hetero) is 1. The van der Waals surface area contributed by atoms with E-state index in [9.17, 15) is 37.1 Å². The predicted octanol–water partition coefficient (Wildman–Crippen LogP) is 3.70.